The number of hydrogen-bond acceptors (Lipinski definition) is 3. The zero-order chi connectivity index (χ0) is 13.2. The lowest BCUT2D eigenvalue weighted by Gasteiger charge is -2.13. The van der Waals surface area contributed by atoms with Gasteiger partial charge in [0.25, 0.3) is 5.91 Å². The van der Waals surface area contributed by atoms with Crippen LogP contribution in [0.5, 0.6) is 0 Å². The average molecular weight is 309 g/mol. The number of nitrogens with zero attached hydrogens (tertiary/aromatic N) is 1. The van der Waals surface area contributed by atoms with Crippen LogP contribution in [0.4, 0.5) is 5.69 Å². The topological polar surface area (TPSA) is 63.8 Å². The smallest absolute Gasteiger partial charge is 0.275 e. The van der Waals surface area contributed by atoms with Crippen LogP contribution in [-0.2, 0) is 4.79 Å². The molecule has 1 aliphatic rings. The molecule has 0 radical (unpaired) electrons. The first-order chi connectivity index (χ1) is 9.24. The lowest BCUT2D eigenvalue weighted by molar-refractivity contribution is -0.114. The van der Waals surface area contributed by atoms with E-state index < -0.39 is 0 Å². The Labute approximate surface area is 125 Å². The van der Waals surface area contributed by atoms with Crippen molar-refractivity contribution < 1.29 is 10.3 Å². The van der Waals surface area contributed by atoms with Gasteiger partial charge in [-0.25, -0.2) is 0 Å². The second-order valence-electron chi connectivity index (χ2n) is 4.16. The van der Waals surface area contributed by atoms with Gasteiger partial charge in [0.1, 0.15) is 5.70 Å². The fourth-order valence-electron chi connectivity index (χ4n) is 1.95. The third-order valence-corrected chi connectivity index (χ3v) is 3.81. The van der Waals surface area contributed by atoms with Crippen molar-refractivity contribution in [3.05, 3.63) is 57.4 Å². The van der Waals surface area contributed by atoms with Crippen molar-refractivity contribution in [1.82, 2.24) is 5.32 Å². The minimum absolute atomic E-state index is 0. The van der Waals surface area contributed by atoms with Gasteiger partial charge in [0.2, 0.25) is 0 Å². The summed E-state index contributed by atoms with van der Waals surface area (Å²) < 4.78 is 0. The van der Waals surface area contributed by atoms with E-state index in [0.29, 0.717) is 17.4 Å². The van der Waals surface area contributed by atoms with Crippen molar-refractivity contribution in [3.63, 3.8) is 0 Å². The number of rotatable bonds is 2. The standard InChI is InChI=1S/C14H11ClN2OS.H2O/c15-11-2-1-3-12(7-11)17-9-16-13(14(17)18)6-10-4-5-19-8-10;/h1-8,16H,9H2;1H2/b13-6-;. The van der Waals surface area contributed by atoms with Gasteiger partial charge in [-0.05, 0) is 46.7 Å². The number of thiophene rings is 1. The van der Waals surface area contributed by atoms with Crippen LogP contribution < -0.4 is 10.2 Å². The highest BCUT2D eigenvalue weighted by Crippen LogP contribution is 2.23. The van der Waals surface area contributed by atoms with Crippen LogP contribution in [0.15, 0.2) is 46.8 Å². The van der Waals surface area contributed by atoms with E-state index in [1.165, 1.54) is 0 Å². The van der Waals surface area contributed by atoms with Gasteiger partial charge in [0.05, 0.1) is 6.67 Å². The molecule has 0 bridgehead atoms. The molecule has 1 fully saturated rings. The molecule has 6 heteroatoms. The molecule has 104 valence electrons. The average Bonchev–Trinajstić information content (AvgIpc) is 3.01. The molecule has 0 saturated carbocycles. The monoisotopic (exact) mass is 308 g/mol. The van der Waals surface area contributed by atoms with Gasteiger partial charge in [0, 0.05) is 10.7 Å². The maximum absolute atomic E-state index is 12.3. The van der Waals surface area contributed by atoms with E-state index in [9.17, 15) is 4.79 Å². The fraction of sp³-hybridized carbons (Fsp3) is 0.0714. The van der Waals surface area contributed by atoms with Gasteiger partial charge in [0.15, 0.2) is 0 Å². The van der Waals surface area contributed by atoms with E-state index in [0.717, 1.165) is 11.3 Å². The van der Waals surface area contributed by atoms with Gasteiger partial charge >= 0.3 is 0 Å². The van der Waals surface area contributed by atoms with Gasteiger partial charge in [-0.15, -0.1) is 0 Å². The van der Waals surface area contributed by atoms with Crippen LogP contribution >= 0.6 is 22.9 Å². The summed E-state index contributed by atoms with van der Waals surface area (Å²) in [4.78, 5) is 14.0. The van der Waals surface area contributed by atoms with Gasteiger partial charge in [-0.1, -0.05) is 17.7 Å². The number of halogens is 1. The maximum Gasteiger partial charge on any atom is 0.275 e. The number of benzene rings is 1. The first-order valence-corrected chi connectivity index (χ1v) is 7.11. The molecule has 0 spiro atoms. The maximum atomic E-state index is 12.3. The Morgan fingerprint density at radius 1 is 1.35 bits per heavy atom. The van der Waals surface area contributed by atoms with Crippen molar-refractivity contribution >= 4 is 40.6 Å². The Morgan fingerprint density at radius 2 is 2.20 bits per heavy atom. The summed E-state index contributed by atoms with van der Waals surface area (Å²) >= 11 is 7.56. The third-order valence-electron chi connectivity index (χ3n) is 2.88. The quantitative estimate of drug-likeness (QED) is 0.866. The van der Waals surface area contributed by atoms with Gasteiger partial charge in [-0.3, -0.25) is 9.69 Å². The molecule has 3 N–H and O–H groups in total. The summed E-state index contributed by atoms with van der Waals surface area (Å²) in [5.74, 6) is -0.0338. The molecule has 1 amide bonds. The van der Waals surface area contributed by atoms with E-state index in [1.54, 1.807) is 28.4 Å². The van der Waals surface area contributed by atoms with Crippen molar-refractivity contribution in [2.75, 3.05) is 11.6 Å². The Bertz CT molecular complexity index is 640. The zero-order valence-corrected chi connectivity index (χ0v) is 12.0. The van der Waals surface area contributed by atoms with Crippen LogP contribution in [0.2, 0.25) is 5.02 Å². The summed E-state index contributed by atoms with van der Waals surface area (Å²) in [5, 5.41) is 7.73. The normalized spacial score (nSPS) is 16.1. The molecule has 1 aromatic carbocycles. The number of amides is 1. The van der Waals surface area contributed by atoms with E-state index in [1.807, 2.05) is 35.0 Å². The number of anilines is 1. The first kappa shape index (κ1) is 14.6. The van der Waals surface area contributed by atoms with Crippen molar-refractivity contribution in [2.45, 2.75) is 0 Å². The number of hydrogen-bond donors (Lipinski definition) is 1. The van der Waals surface area contributed by atoms with Crippen molar-refractivity contribution in [2.24, 2.45) is 0 Å². The highest BCUT2D eigenvalue weighted by atomic mass is 35.5. The molecule has 0 aliphatic carbocycles. The molecule has 4 nitrogen and oxygen atoms in total. The Hall–Kier alpha value is -1.82. The molecule has 1 saturated heterocycles. The van der Waals surface area contributed by atoms with Crippen LogP contribution in [0.1, 0.15) is 5.56 Å². The molecule has 2 aromatic rings. The van der Waals surface area contributed by atoms with Crippen molar-refractivity contribution in [1.29, 1.82) is 0 Å². The predicted octanol–water partition coefficient (Wildman–Crippen LogP) is 2.51. The molecule has 0 atom stereocenters. The minimum Gasteiger partial charge on any atom is -0.412 e. The van der Waals surface area contributed by atoms with E-state index in [2.05, 4.69) is 5.32 Å². The van der Waals surface area contributed by atoms with Gasteiger partial charge in [-0.2, -0.15) is 11.3 Å². The highest BCUT2D eigenvalue weighted by Gasteiger charge is 2.26. The van der Waals surface area contributed by atoms with Crippen LogP contribution in [-0.4, -0.2) is 18.1 Å². The van der Waals surface area contributed by atoms with Crippen molar-refractivity contribution in [3.8, 4) is 0 Å². The second kappa shape index (κ2) is 6.09. The molecule has 0 unspecified atom stereocenters. The first-order valence-electron chi connectivity index (χ1n) is 5.79. The number of carbonyl (C=O) groups is 1. The van der Waals surface area contributed by atoms with Gasteiger partial charge < -0.3 is 10.8 Å². The minimum atomic E-state index is -0.0338. The van der Waals surface area contributed by atoms with E-state index >= 15 is 0 Å². The largest absolute Gasteiger partial charge is 0.412 e. The Balaban J connectivity index is 0.00000147. The second-order valence-corrected chi connectivity index (χ2v) is 5.38. The summed E-state index contributed by atoms with van der Waals surface area (Å²) in [7, 11) is 0. The summed E-state index contributed by atoms with van der Waals surface area (Å²) in [5.41, 5.74) is 2.45. The predicted molar refractivity (Wildman–Crippen MR) is 82.9 cm³/mol. The molecular weight excluding hydrogens is 296 g/mol. The summed E-state index contributed by atoms with van der Waals surface area (Å²) in [6.45, 7) is 0.467. The molecule has 3 rings (SSSR count). The Kier molecular flexibility index (Phi) is 4.44. The fourth-order valence-corrected chi connectivity index (χ4v) is 2.75. The molecule has 1 aromatic heterocycles. The Morgan fingerprint density at radius 3 is 2.90 bits per heavy atom. The lowest BCUT2D eigenvalue weighted by Crippen LogP contribution is -2.25. The summed E-state index contributed by atoms with van der Waals surface area (Å²) in [6, 6.07) is 9.27. The van der Waals surface area contributed by atoms with E-state index in [-0.39, 0.29) is 11.4 Å². The molecule has 1 aliphatic heterocycles. The third kappa shape index (κ3) is 2.85. The molecule has 20 heavy (non-hydrogen) atoms. The zero-order valence-electron chi connectivity index (χ0n) is 10.5. The number of nitrogens with one attached hydrogen (secondary N) is 1. The van der Waals surface area contributed by atoms with E-state index in [4.69, 9.17) is 11.6 Å². The highest BCUT2D eigenvalue weighted by molar-refractivity contribution is 7.08. The van der Waals surface area contributed by atoms with Crippen LogP contribution in [0.25, 0.3) is 6.08 Å². The molecular formula is C14H13ClN2O2S. The lowest BCUT2D eigenvalue weighted by atomic mass is 10.2. The SMILES string of the molecule is O.O=C1/C(=C/c2ccsc2)NCN1c1cccc(Cl)c1. The van der Waals surface area contributed by atoms with Crippen LogP contribution in [0.3, 0.4) is 0 Å². The summed E-state index contributed by atoms with van der Waals surface area (Å²) in [6.07, 6.45) is 1.86. The van der Waals surface area contributed by atoms with Crippen LogP contribution in [0, 0.1) is 0 Å². The molecule has 2 heterocycles. The number of carbonyl (C=O) groups excluding carboxylic acids is 1.